The van der Waals surface area contributed by atoms with E-state index in [-0.39, 0.29) is 0 Å². The van der Waals surface area contributed by atoms with Crippen LogP contribution in [0.1, 0.15) is 58.8 Å². The van der Waals surface area contributed by atoms with E-state index in [9.17, 15) is 0 Å². The van der Waals surface area contributed by atoms with Gasteiger partial charge in [-0.3, -0.25) is 9.80 Å². The van der Waals surface area contributed by atoms with Gasteiger partial charge in [0, 0.05) is 18.6 Å². The highest BCUT2D eigenvalue weighted by Crippen LogP contribution is 2.23. The standard InChI is InChI=1S/C15H30N2/c1-3-8-14(4-2)17-12-7-11-16-10-6-5-9-15(16)13-17/h14-15H,3-13H2,1-2H3. The third-order valence-electron chi connectivity index (χ3n) is 4.69. The van der Waals surface area contributed by atoms with E-state index < -0.39 is 0 Å². The van der Waals surface area contributed by atoms with Crippen molar-refractivity contribution in [1.29, 1.82) is 0 Å². The quantitative estimate of drug-likeness (QED) is 0.742. The molecule has 2 rings (SSSR count). The molecule has 100 valence electrons. The normalized spacial score (nSPS) is 29.6. The lowest BCUT2D eigenvalue weighted by Gasteiger charge is -2.37. The minimum Gasteiger partial charge on any atom is -0.299 e. The van der Waals surface area contributed by atoms with Gasteiger partial charge in [0.1, 0.15) is 0 Å². The average Bonchev–Trinajstić information content (AvgIpc) is 2.57. The topological polar surface area (TPSA) is 6.48 Å². The van der Waals surface area contributed by atoms with Crippen molar-refractivity contribution in [3.8, 4) is 0 Å². The zero-order valence-electron chi connectivity index (χ0n) is 11.8. The highest BCUT2D eigenvalue weighted by atomic mass is 15.3. The summed E-state index contributed by atoms with van der Waals surface area (Å²) in [7, 11) is 0. The van der Waals surface area contributed by atoms with Gasteiger partial charge in [-0.2, -0.15) is 0 Å². The second-order valence-electron chi connectivity index (χ2n) is 5.88. The van der Waals surface area contributed by atoms with E-state index in [0.29, 0.717) is 0 Å². The molecule has 0 radical (unpaired) electrons. The van der Waals surface area contributed by atoms with Crippen LogP contribution in [0, 0.1) is 0 Å². The summed E-state index contributed by atoms with van der Waals surface area (Å²) >= 11 is 0. The first kappa shape index (κ1) is 13.4. The number of hydrogen-bond donors (Lipinski definition) is 0. The molecule has 0 aromatic heterocycles. The molecule has 0 N–H and O–H groups in total. The predicted molar refractivity (Wildman–Crippen MR) is 74.4 cm³/mol. The summed E-state index contributed by atoms with van der Waals surface area (Å²) in [6, 6.07) is 1.72. The molecule has 2 fully saturated rings. The second kappa shape index (κ2) is 6.75. The van der Waals surface area contributed by atoms with Gasteiger partial charge in [0.25, 0.3) is 0 Å². The molecule has 0 bridgehead atoms. The molecular weight excluding hydrogens is 208 g/mol. The van der Waals surface area contributed by atoms with E-state index in [0.717, 1.165) is 12.1 Å². The van der Waals surface area contributed by atoms with Crippen molar-refractivity contribution in [3.63, 3.8) is 0 Å². The highest BCUT2D eigenvalue weighted by molar-refractivity contribution is 4.85. The maximum Gasteiger partial charge on any atom is 0.0223 e. The zero-order chi connectivity index (χ0) is 12.1. The fourth-order valence-corrected chi connectivity index (χ4v) is 3.71. The van der Waals surface area contributed by atoms with Gasteiger partial charge >= 0.3 is 0 Å². The molecule has 0 aromatic carbocycles. The molecule has 0 spiro atoms. The van der Waals surface area contributed by atoms with Crippen molar-refractivity contribution in [2.45, 2.75) is 70.9 Å². The Balaban J connectivity index is 1.94. The van der Waals surface area contributed by atoms with Crippen LogP contribution in [0.25, 0.3) is 0 Å². The molecule has 2 heterocycles. The predicted octanol–water partition coefficient (Wildman–Crippen LogP) is 3.13. The van der Waals surface area contributed by atoms with E-state index in [4.69, 9.17) is 0 Å². The average molecular weight is 238 g/mol. The van der Waals surface area contributed by atoms with E-state index in [1.807, 2.05) is 0 Å². The fraction of sp³-hybridized carbons (Fsp3) is 1.00. The van der Waals surface area contributed by atoms with Crippen LogP contribution in [-0.4, -0.2) is 48.1 Å². The molecule has 0 amide bonds. The Morgan fingerprint density at radius 1 is 1.06 bits per heavy atom. The number of piperidine rings is 1. The largest absolute Gasteiger partial charge is 0.299 e. The molecule has 2 saturated heterocycles. The van der Waals surface area contributed by atoms with E-state index in [2.05, 4.69) is 23.6 Å². The second-order valence-corrected chi connectivity index (χ2v) is 5.88. The summed E-state index contributed by atoms with van der Waals surface area (Å²) in [5.74, 6) is 0. The van der Waals surface area contributed by atoms with E-state index in [1.54, 1.807) is 0 Å². The Hall–Kier alpha value is -0.0800. The van der Waals surface area contributed by atoms with Gasteiger partial charge in [-0.25, -0.2) is 0 Å². The highest BCUT2D eigenvalue weighted by Gasteiger charge is 2.29. The van der Waals surface area contributed by atoms with Crippen LogP contribution < -0.4 is 0 Å². The van der Waals surface area contributed by atoms with Crippen LogP contribution in [0.15, 0.2) is 0 Å². The lowest BCUT2D eigenvalue weighted by Crippen LogP contribution is -2.46. The van der Waals surface area contributed by atoms with Crippen molar-refractivity contribution in [2.75, 3.05) is 26.2 Å². The van der Waals surface area contributed by atoms with Gasteiger partial charge in [0.05, 0.1) is 0 Å². The smallest absolute Gasteiger partial charge is 0.0223 e. The molecule has 2 aliphatic heterocycles. The number of hydrogen-bond acceptors (Lipinski definition) is 2. The molecule has 2 atom stereocenters. The van der Waals surface area contributed by atoms with Crippen molar-refractivity contribution in [3.05, 3.63) is 0 Å². The molecule has 2 nitrogen and oxygen atoms in total. The van der Waals surface area contributed by atoms with Gasteiger partial charge in [-0.15, -0.1) is 0 Å². The maximum atomic E-state index is 2.81. The molecule has 2 aliphatic rings. The van der Waals surface area contributed by atoms with E-state index in [1.165, 1.54) is 71.1 Å². The number of fused-ring (bicyclic) bond motifs is 1. The van der Waals surface area contributed by atoms with Crippen molar-refractivity contribution >= 4 is 0 Å². The van der Waals surface area contributed by atoms with Crippen molar-refractivity contribution < 1.29 is 0 Å². The van der Waals surface area contributed by atoms with Crippen molar-refractivity contribution in [1.82, 2.24) is 9.80 Å². The Morgan fingerprint density at radius 3 is 2.65 bits per heavy atom. The Bertz CT molecular complexity index is 217. The van der Waals surface area contributed by atoms with Gasteiger partial charge in [-0.05, 0) is 51.7 Å². The summed E-state index contributed by atoms with van der Waals surface area (Å²) in [5.41, 5.74) is 0. The van der Waals surface area contributed by atoms with Gasteiger partial charge < -0.3 is 0 Å². The molecule has 0 aromatic rings. The molecular formula is C15H30N2. The Kier molecular flexibility index (Phi) is 5.30. The summed E-state index contributed by atoms with van der Waals surface area (Å²) in [6.45, 7) is 10.1. The van der Waals surface area contributed by atoms with E-state index >= 15 is 0 Å². The maximum absolute atomic E-state index is 2.81. The lowest BCUT2D eigenvalue weighted by atomic mass is 10.0. The Labute approximate surface area is 107 Å². The van der Waals surface area contributed by atoms with Crippen LogP contribution >= 0.6 is 0 Å². The fourth-order valence-electron chi connectivity index (χ4n) is 3.71. The first-order valence-corrected chi connectivity index (χ1v) is 7.83. The molecule has 17 heavy (non-hydrogen) atoms. The molecule has 0 saturated carbocycles. The van der Waals surface area contributed by atoms with Crippen LogP contribution in [0.3, 0.4) is 0 Å². The molecule has 2 unspecified atom stereocenters. The zero-order valence-corrected chi connectivity index (χ0v) is 11.8. The first-order chi connectivity index (χ1) is 8.35. The Morgan fingerprint density at radius 2 is 1.88 bits per heavy atom. The van der Waals surface area contributed by atoms with Gasteiger partial charge in [-0.1, -0.05) is 26.7 Å². The summed E-state index contributed by atoms with van der Waals surface area (Å²) < 4.78 is 0. The van der Waals surface area contributed by atoms with Gasteiger partial charge in [0.15, 0.2) is 0 Å². The minimum atomic E-state index is 0.849. The summed E-state index contributed by atoms with van der Waals surface area (Å²) in [5, 5.41) is 0. The summed E-state index contributed by atoms with van der Waals surface area (Å²) in [4.78, 5) is 5.57. The van der Waals surface area contributed by atoms with Crippen LogP contribution in [0.5, 0.6) is 0 Å². The van der Waals surface area contributed by atoms with Gasteiger partial charge in [0.2, 0.25) is 0 Å². The van der Waals surface area contributed by atoms with Crippen LogP contribution in [0.4, 0.5) is 0 Å². The molecule has 2 heteroatoms. The van der Waals surface area contributed by atoms with Crippen LogP contribution in [0.2, 0.25) is 0 Å². The summed E-state index contributed by atoms with van der Waals surface area (Å²) in [6.07, 6.45) is 9.78. The SMILES string of the molecule is CCCC(CC)N1CCCN2CCCCC2C1. The first-order valence-electron chi connectivity index (χ1n) is 7.83. The third kappa shape index (κ3) is 3.45. The number of rotatable bonds is 4. The van der Waals surface area contributed by atoms with Crippen molar-refractivity contribution in [2.24, 2.45) is 0 Å². The van der Waals surface area contributed by atoms with Crippen LogP contribution in [-0.2, 0) is 0 Å². The molecule has 0 aliphatic carbocycles. The monoisotopic (exact) mass is 238 g/mol. The number of nitrogens with zero attached hydrogens (tertiary/aromatic N) is 2. The lowest BCUT2D eigenvalue weighted by molar-refractivity contribution is 0.115. The minimum absolute atomic E-state index is 0.849. The third-order valence-corrected chi connectivity index (χ3v) is 4.69.